The van der Waals surface area contributed by atoms with E-state index in [1.165, 1.54) is 64.2 Å². The Bertz CT molecular complexity index is 325. The quantitative estimate of drug-likeness (QED) is 0.219. The molecule has 3 nitrogen and oxygen atoms in total. The molecule has 0 aromatic rings. The molecule has 0 spiro atoms. The smallest absolute Gasteiger partial charge is 0.303 e. The molecule has 0 saturated carbocycles. The second-order valence-corrected chi connectivity index (χ2v) is 6.82. The van der Waals surface area contributed by atoms with Gasteiger partial charge in [0.25, 0.3) is 0 Å². The van der Waals surface area contributed by atoms with Crippen LogP contribution in [0.25, 0.3) is 0 Å². The molecule has 2 atom stereocenters. The molecule has 3 heteroatoms. The molecule has 1 N–H and O–H groups in total. The molecule has 1 saturated heterocycles. The topological polar surface area (TPSA) is 49.8 Å². The number of hydrogen-bond acceptors (Lipinski definition) is 2. The Balaban J connectivity index is 1.79. The van der Waals surface area contributed by atoms with Gasteiger partial charge in [0.1, 0.15) is 0 Å². The summed E-state index contributed by atoms with van der Waals surface area (Å²) in [7, 11) is 0. The summed E-state index contributed by atoms with van der Waals surface area (Å²) in [5.74, 6) is -0.667. The first-order valence-corrected chi connectivity index (χ1v) is 9.76. The van der Waals surface area contributed by atoms with Gasteiger partial charge in [-0.3, -0.25) is 4.79 Å². The molecule has 1 heterocycles. The number of carboxylic acid groups (broad SMARTS) is 1. The molecule has 1 rings (SSSR count). The average molecular weight is 325 g/mol. The van der Waals surface area contributed by atoms with Crippen molar-refractivity contribution < 1.29 is 14.6 Å². The van der Waals surface area contributed by atoms with Crippen LogP contribution in [-0.4, -0.2) is 23.3 Å². The summed E-state index contributed by atoms with van der Waals surface area (Å²) in [6, 6.07) is 0. The summed E-state index contributed by atoms with van der Waals surface area (Å²) in [4.78, 5) is 10.4. The molecular weight excluding hydrogens is 288 g/mol. The third kappa shape index (κ3) is 12.3. The minimum Gasteiger partial charge on any atom is -0.481 e. The van der Waals surface area contributed by atoms with Crippen LogP contribution in [0.2, 0.25) is 0 Å². The zero-order valence-electron chi connectivity index (χ0n) is 15.0. The van der Waals surface area contributed by atoms with E-state index in [1.807, 2.05) is 0 Å². The molecule has 0 aromatic carbocycles. The Morgan fingerprint density at radius 3 is 2.30 bits per heavy atom. The van der Waals surface area contributed by atoms with Gasteiger partial charge in [-0.1, -0.05) is 70.4 Å². The van der Waals surface area contributed by atoms with Gasteiger partial charge in [-0.2, -0.15) is 0 Å². The number of aliphatic carboxylic acids is 1. The number of epoxide rings is 1. The monoisotopic (exact) mass is 324 g/mol. The maximum absolute atomic E-state index is 10.4. The first kappa shape index (κ1) is 20.2. The molecule has 0 amide bonds. The normalized spacial score (nSPS) is 20.2. The van der Waals surface area contributed by atoms with Crippen LogP contribution in [0.15, 0.2) is 12.2 Å². The van der Waals surface area contributed by atoms with Crippen molar-refractivity contribution in [2.45, 2.75) is 109 Å². The molecule has 1 aliphatic rings. The Morgan fingerprint density at radius 2 is 1.61 bits per heavy atom. The van der Waals surface area contributed by atoms with Crippen molar-refractivity contribution in [2.24, 2.45) is 0 Å². The lowest BCUT2D eigenvalue weighted by atomic mass is 10.0. The molecular formula is C20H36O3. The van der Waals surface area contributed by atoms with Crippen molar-refractivity contribution in [2.75, 3.05) is 0 Å². The van der Waals surface area contributed by atoms with Crippen LogP contribution < -0.4 is 0 Å². The molecule has 0 aliphatic carbocycles. The van der Waals surface area contributed by atoms with Gasteiger partial charge in [-0.05, 0) is 32.1 Å². The third-order valence-electron chi connectivity index (χ3n) is 4.58. The number of rotatable bonds is 16. The third-order valence-corrected chi connectivity index (χ3v) is 4.58. The summed E-state index contributed by atoms with van der Waals surface area (Å²) in [5, 5.41) is 8.55. The average Bonchev–Trinajstić information content (AvgIpc) is 3.27. The molecule has 0 aromatic heterocycles. The van der Waals surface area contributed by atoms with Crippen LogP contribution in [0.5, 0.6) is 0 Å². The number of unbranched alkanes of at least 4 members (excludes halogenated alkanes) is 9. The van der Waals surface area contributed by atoms with Crippen LogP contribution in [0.3, 0.4) is 0 Å². The lowest BCUT2D eigenvalue weighted by Gasteiger charge is -2.00. The van der Waals surface area contributed by atoms with Crippen LogP contribution in [0.1, 0.15) is 96.8 Å². The molecule has 1 aliphatic heterocycles. The fourth-order valence-electron chi connectivity index (χ4n) is 3.01. The predicted molar refractivity (Wildman–Crippen MR) is 95.7 cm³/mol. The molecule has 0 unspecified atom stereocenters. The highest BCUT2D eigenvalue weighted by Crippen LogP contribution is 2.30. The van der Waals surface area contributed by atoms with Crippen molar-refractivity contribution >= 4 is 5.97 Å². The minimum atomic E-state index is -0.667. The van der Waals surface area contributed by atoms with E-state index in [1.54, 1.807) is 0 Å². The summed E-state index contributed by atoms with van der Waals surface area (Å²) in [5.41, 5.74) is 0. The lowest BCUT2D eigenvalue weighted by molar-refractivity contribution is -0.137. The number of ether oxygens (including phenoxy) is 1. The fraction of sp³-hybridized carbons (Fsp3) is 0.850. The van der Waals surface area contributed by atoms with Crippen molar-refractivity contribution in [1.29, 1.82) is 0 Å². The van der Waals surface area contributed by atoms with Crippen molar-refractivity contribution in [3.05, 3.63) is 12.2 Å². The van der Waals surface area contributed by atoms with E-state index in [9.17, 15) is 4.79 Å². The van der Waals surface area contributed by atoms with Crippen LogP contribution in [-0.2, 0) is 9.53 Å². The van der Waals surface area contributed by atoms with Gasteiger partial charge < -0.3 is 9.84 Å². The maximum Gasteiger partial charge on any atom is 0.303 e. The zero-order chi connectivity index (χ0) is 16.8. The summed E-state index contributed by atoms with van der Waals surface area (Å²) in [6.45, 7) is 2.24. The number of carboxylic acids is 1. The fourth-order valence-corrected chi connectivity index (χ4v) is 3.01. The number of allylic oxidation sites excluding steroid dienone is 1. The van der Waals surface area contributed by atoms with Gasteiger partial charge in [-0.15, -0.1) is 0 Å². The Kier molecular flexibility index (Phi) is 11.9. The van der Waals surface area contributed by atoms with E-state index in [-0.39, 0.29) is 0 Å². The van der Waals surface area contributed by atoms with Crippen molar-refractivity contribution in [1.82, 2.24) is 0 Å². The highest BCUT2D eigenvalue weighted by molar-refractivity contribution is 5.66. The Morgan fingerprint density at radius 1 is 0.913 bits per heavy atom. The van der Waals surface area contributed by atoms with Crippen LogP contribution in [0.4, 0.5) is 0 Å². The highest BCUT2D eigenvalue weighted by Gasteiger charge is 2.36. The molecule has 134 valence electrons. The SMILES string of the molecule is CCCCC/C=C\C[C@H]1O[C@H]1CCCCCCCCCC(=O)O. The van der Waals surface area contributed by atoms with E-state index in [0.717, 1.165) is 19.3 Å². The Labute approximate surface area is 142 Å². The maximum atomic E-state index is 10.4. The molecule has 0 radical (unpaired) electrons. The second kappa shape index (κ2) is 13.6. The van der Waals surface area contributed by atoms with Gasteiger partial charge in [0.2, 0.25) is 0 Å². The first-order valence-electron chi connectivity index (χ1n) is 9.76. The van der Waals surface area contributed by atoms with Gasteiger partial charge >= 0.3 is 5.97 Å². The second-order valence-electron chi connectivity index (χ2n) is 6.82. The van der Waals surface area contributed by atoms with Gasteiger partial charge in [0.15, 0.2) is 0 Å². The molecule has 0 bridgehead atoms. The lowest BCUT2D eigenvalue weighted by Crippen LogP contribution is -1.94. The highest BCUT2D eigenvalue weighted by atomic mass is 16.6. The largest absolute Gasteiger partial charge is 0.481 e. The van der Waals surface area contributed by atoms with E-state index >= 15 is 0 Å². The van der Waals surface area contributed by atoms with Gasteiger partial charge in [-0.25, -0.2) is 0 Å². The van der Waals surface area contributed by atoms with E-state index in [2.05, 4.69) is 19.1 Å². The van der Waals surface area contributed by atoms with Gasteiger partial charge in [0.05, 0.1) is 12.2 Å². The summed E-state index contributed by atoms with van der Waals surface area (Å²) < 4.78 is 5.72. The van der Waals surface area contributed by atoms with E-state index in [4.69, 9.17) is 9.84 Å². The predicted octanol–water partition coefficient (Wildman–Crippen LogP) is 5.88. The number of carbonyl (C=O) groups is 1. The molecule has 1 fully saturated rings. The van der Waals surface area contributed by atoms with Gasteiger partial charge in [0, 0.05) is 6.42 Å². The summed E-state index contributed by atoms with van der Waals surface area (Å²) >= 11 is 0. The van der Waals surface area contributed by atoms with Crippen molar-refractivity contribution in [3.8, 4) is 0 Å². The van der Waals surface area contributed by atoms with Crippen molar-refractivity contribution in [3.63, 3.8) is 0 Å². The van der Waals surface area contributed by atoms with Crippen LogP contribution in [0, 0.1) is 0 Å². The zero-order valence-corrected chi connectivity index (χ0v) is 15.0. The van der Waals surface area contributed by atoms with Crippen LogP contribution >= 0.6 is 0 Å². The number of hydrogen-bond donors (Lipinski definition) is 1. The minimum absolute atomic E-state index is 0.327. The molecule has 23 heavy (non-hydrogen) atoms. The summed E-state index contributed by atoms with van der Waals surface area (Å²) in [6.07, 6.45) is 21.6. The Hall–Kier alpha value is -0.830. The standard InChI is InChI=1S/C20H36O3/c1-2-3-4-5-9-12-15-18-19(23-18)16-13-10-7-6-8-11-14-17-20(21)22/h9,12,18-19H,2-8,10-11,13-17H2,1H3,(H,21,22)/b12-9-/t18-,19+/m1/s1. The van der Waals surface area contributed by atoms with E-state index in [0.29, 0.717) is 18.6 Å². The first-order chi connectivity index (χ1) is 11.2. The van der Waals surface area contributed by atoms with E-state index < -0.39 is 5.97 Å².